The molecule has 1 saturated heterocycles. The topological polar surface area (TPSA) is 79.8 Å². The highest BCUT2D eigenvalue weighted by Gasteiger charge is 2.27. The maximum absolute atomic E-state index is 11.7. The smallest absolute Gasteiger partial charge is 0.237 e. The highest BCUT2D eigenvalue weighted by Crippen LogP contribution is 2.18. The zero-order valence-corrected chi connectivity index (χ0v) is 11.5. The Morgan fingerprint density at radius 1 is 1.50 bits per heavy atom. The monoisotopic (exact) mass is 280 g/mol. The maximum Gasteiger partial charge on any atom is 0.237 e. The van der Waals surface area contributed by atoms with Gasteiger partial charge in [-0.15, -0.1) is 0 Å². The first-order valence-electron chi connectivity index (χ1n) is 6.65. The van der Waals surface area contributed by atoms with Gasteiger partial charge in [0.25, 0.3) is 0 Å². The molecule has 110 valence electrons. The molecule has 0 radical (unpaired) electrons. The fraction of sp³-hybridized carbons (Fsp3) is 0.500. The number of hydrogen-bond donors (Lipinski definition) is 3. The molecule has 6 heteroatoms. The highest BCUT2D eigenvalue weighted by molar-refractivity contribution is 5.82. The SMILES string of the molecule is COc1cccc(OCCNC(=O)C2CC(O)CN2)c1. The highest BCUT2D eigenvalue weighted by atomic mass is 16.5. The van der Waals surface area contributed by atoms with Crippen LogP contribution in [0, 0.1) is 0 Å². The standard InChI is InChI=1S/C14H20N2O4/c1-19-11-3-2-4-12(8-11)20-6-5-15-14(18)13-7-10(17)9-16-13/h2-4,8,10,13,16-17H,5-7,9H2,1H3,(H,15,18). The summed E-state index contributed by atoms with van der Waals surface area (Å²) in [5.74, 6) is 1.33. The lowest BCUT2D eigenvalue weighted by molar-refractivity contribution is -0.123. The Kier molecular flexibility index (Phi) is 5.20. The first kappa shape index (κ1) is 14.6. The van der Waals surface area contributed by atoms with Crippen molar-refractivity contribution in [1.82, 2.24) is 10.6 Å². The van der Waals surface area contributed by atoms with Crippen LogP contribution in [0.4, 0.5) is 0 Å². The third-order valence-corrected chi connectivity index (χ3v) is 3.14. The van der Waals surface area contributed by atoms with Crippen LogP contribution in [0.25, 0.3) is 0 Å². The molecular weight excluding hydrogens is 260 g/mol. The van der Waals surface area contributed by atoms with Crippen molar-refractivity contribution in [3.63, 3.8) is 0 Å². The summed E-state index contributed by atoms with van der Waals surface area (Å²) in [4.78, 5) is 11.7. The summed E-state index contributed by atoms with van der Waals surface area (Å²) in [7, 11) is 1.60. The van der Waals surface area contributed by atoms with Crippen molar-refractivity contribution in [3.05, 3.63) is 24.3 Å². The number of β-amino-alcohol motifs (C(OH)–C–C–N with tert-alkyl or cyclic N) is 1. The summed E-state index contributed by atoms with van der Waals surface area (Å²) in [6.45, 7) is 1.27. The van der Waals surface area contributed by atoms with E-state index < -0.39 is 6.10 Å². The number of amides is 1. The average Bonchev–Trinajstić information content (AvgIpc) is 2.90. The van der Waals surface area contributed by atoms with Crippen LogP contribution in [-0.4, -0.2) is 50.0 Å². The molecule has 0 bridgehead atoms. The van der Waals surface area contributed by atoms with E-state index >= 15 is 0 Å². The summed E-state index contributed by atoms with van der Waals surface area (Å²) in [6, 6.07) is 7.00. The van der Waals surface area contributed by atoms with Crippen LogP contribution in [0.3, 0.4) is 0 Å². The van der Waals surface area contributed by atoms with Crippen LogP contribution in [0.1, 0.15) is 6.42 Å². The minimum Gasteiger partial charge on any atom is -0.497 e. The van der Waals surface area contributed by atoms with Crippen LogP contribution in [0.2, 0.25) is 0 Å². The predicted molar refractivity (Wildman–Crippen MR) is 73.9 cm³/mol. The van der Waals surface area contributed by atoms with Crippen LogP contribution in [-0.2, 0) is 4.79 Å². The van der Waals surface area contributed by atoms with Gasteiger partial charge in [-0.25, -0.2) is 0 Å². The van der Waals surface area contributed by atoms with Crippen molar-refractivity contribution in [3.8, 4) is 11.5 Å². The van der Waals surface area contributed by atoms with Crippen LogP contribution < -0.4 is 20.1 Å². The van der Waals surface area contributed by atoms with Crippen molar-refractivity contribution in [2.45, 2.75) is 18.6 Å². The molecule has 6 nitrogen and oxygen atoms in total. The molecule has 1 fully saturated rings. The van der Waals surface area contributed by atoms with Gasteiger partial charge in [0.15, 0.2) is 0 Å². The number of rotatable bonds is 6. The molecule has 0 aromatic heterocycles. The molecular formula is C14H20N2O4. The molecule has 2 rings (SSSR count). The molecule has 20 heavy (non-hydrogen) atoms. The van der Waals surface area contributed by atoms with E-state index in [0.717, 1.165) is 5.75 Å². The second kappa shape index (κ2) is 7.12. The predicted octanol–water partition coefficient (Wildman–Crippen LogP) is -0.0870. The second-order valence-electron chi connectivity index (χ2n) is 4.67. The van der Waals surface area contributed by atoms with Gasteiger partial charge in [-0.1, -0.05) is 6.07 Å². The first-order valence-corrected chi connectivity index (χ1v) is 6.65. The number of methoxy groups -OCH3 is 1. The number of benzene rings is 1. The lowest BCUT2D eigenvalue weighted by atomic mass is 10.2. The molecule has 1 aromatic rings. The Bertz CT molecular complexity index is 453. The minimum absolute atomic E-state index is 0.101. The van der Waals surface area contributed by atoms with Crippen LogP contribution in [0.15, 0.2) is 24.3 Å². The summed E-state index contributed by atoms with van der Waals surface area (Å²) in [5, 5.41) is 15.1. The van der Waals surface area contributed by atoms with Crippen molar-refractivity contribution in [1.29, 1.82) is 0 Å². The molecule has 1 heterocycles. The molecule has 3 N–H and O–H groups in total. The Hall–Kier alpha value is -1.79. The van der Waals surface area contributed by atoms with Gasteiger partial charge in [-0.3, -0.25) is 4.79 Å². The zero-order chi connectivity index (χ0) is 14.4. The summed E-state index contributed by atoms with van der Waals surface area (Å²) in [6.07, 6.45) is 0.0292. The largest absolute Gasteiger partial charge is 0.497 e. The third-order valence-electron chi connectivity index (χ3n) is 3.14. The Labute approximate surface area is 118 Å². The second-order valence-corrected chi connectivity index (χ2v) is 4.67. The van der Waals surface area contributed by atoms with E-state index in [1.807, 2.05) is 18.2 Å². The summed E-state index contributed by atoms with van der Waals surface area (Å²) >= 11 is 0. The molecule has 1 aliphatic rings. The molecule has 0 saturated carbocycles. The molecule has 0 aliphatic carbocycles. The summed E-state index contributed by atoms with van der Waals surface area (Å²) in [5.41, 5.74) is 0. The van der Waals surface area contributed by atoms with Gasteiger partial charge in [-0.05, 0) is 18.6 Å². The quantitative estimate of drug-likeness (QED) is 0.635. The van der Waals surface area contributed by atoms with Crippen molar-refractivity contribution >= 4 is 5.91 Å². The van der Waals surface area contributed by atoms with Gasteiger partial charge >= 0.3 is 0 Å². The molecule has 0 spiro atoms. The number of ether oxygens (including phenoxy) is 2. The van der Waals surface area contributed by atoms with Gasteiger partial charge in [0.1, 0.15) is 18.1 Å². The van der Waals surface area contributed by atoms with Crippen molar-refractivity contribution < 1.29 is 19.4 Å². The summed E-state index contributed by atoms with van der Waals surface area (Å²) < 4.78 is 10.6. The number of carbonyl (C=O) groups is 1. The van der Waals surface area contributed by atoms with Gasteiger partial charge < -0.3 is 25.2 Å². The fourth-order valence-electron chi connectivity index (χ4n) is 2.07. The minimum atomic E-state index is -0.432. The van der Waals surface area contributed by atoms with Gasteiger partial charge in [0.2, 0.25) is 5.91 Å². The van der Waals surface area contributed by atoms with Gasteiger partial charge in [0, 0.05) is 12.6 Å². The van der Waals surface area contributed by atoms with E-state index in [2.05, 4.69) is 10.6 Å². The maximum atomic E-state index is 11.7. The molecule has 2 atom stereocenters. The Morgan fingerprint density at radius 2 is 2.30 bits per heavy atom. The molecule has 2 unspecified atom stereocenters. The van der Waals surface area contributed by atoms with E-state index in [1.165, 1.54) is 0 Å². The van der Waals surface area contributed by atoms with Crippen molar-refractivity contribution in [2.75, 3.05) is 26.8 Å². The van der Waals surface area contributed by atoms with Gasteiger partial charge in [0.05, 0.1) is 25.8 Å². The normalized spacial score (nSPS) is 21.5. The van der Waals surface area contributed by atoms with E-state index in [-0.39, 0.29) is 11.9 Å². The Balaban J connectivity index is 1.67. The number of aliphatic hydroxyl groups is 1. The van der Waals surface area contributed by atoms with E-state index in [1.54, 1.807) is 13.2 Å². The van der Waals surface area contributed by atoms with Gasteiger partial charge in [-0.2, -0.15) is 0 Å². The third kappa shape index (κ3) is 4.11. The van der Waals surface area contributed by atoms with E-state index in [0.29, 0.717) is 31.9 Å². The van der Waals surface area contributed by atoms with Crippen LogP contribution in [0.5, 0.6) is 11.5 Å². The number of hydrogen-bond acceptors (Lipinski definition) is 5. The molecule has 1 amide bonds. The fourth-order valence-corrected chi connectivity index (χ4v) is 2.07. The number of nitrogens with one attached hydrogen (secondary N) is 2. The van der Waals surface area contributed by atoms with Crippen molar-refractivity contribution in [2.24, 2.45) is 0 Å². The van der Waals surface area contributed by atoms with Crippen LogP contribution >= 0.6 is 0 Å². The van der Waals surface area contributed by atoms with E-state index in [4.69, 9.17) is 9.47 Å². The number of carbonyl (C=O) groups excluding carboxylic acids is 1. The van der Waals surface area contributed by atoms with E-state index in [9.17, 15) is 9.90 Å². The Morgan fingerprint density at radius 3 is 3.00 bits per heavy atom. The molecule has 1 aliphatic heterocycles. The first-order chi connectivity index (χ1) is 9.69. The lowest BCUT2D eigenvalue weighted by Gasteiger charge is -2.12. The molecule has 1 aromatic carbocycles. The zero-order valence-electron chi connectivity index (χ0n) is 11.5. The lowest BCUT2D eigenvalue weighted by Crippen LogP contribution is -2.41. The number of aliphatic hydroxyl groups excluding tert-OH is 1. The average molecular weight is 280 g/mol.